The summed E-state index contributed by atoms with van der Waals surface area (Å²) >= 11 is 0. The highest BCUT2D eigenvalue weighted by atomic mass is 16.5. The number of carbonyl (C=O) groups is 1. The van der Waals surface area contributed by atoms with Gasteiger partial charge in [0.15, 0.2) is 0 Å². The van der Waals surface area contributed by atoms with Crippen molar-refractivity contribution in [2.75, 3.05) is 27.2 Å². The van der Waals surface area contributed by atoms with E-state index in [1.54, 1.807) is 6.92 Å². The summed E-state index contributed by atoms with van der Waals surface area (Å²) in [6.45, 7) is 3.24. The molecule has 2 N–H and O–H groups in total. The molecule has 0 atom stereocenters. The van der Waals surface area contributed by atoms with E-state index < -0.39 is 0 Å². The van der Waals surface area contributed by atoms with Gasteiger partial charge in [-0.15, -0.1) is 0 Å². The normalized spacial score (nSPS) is 11.9. The molecular formula is C9H19N3O2. The lowest BCUT2D eigenvalue weighted by Gasteiger charge is -2.07. The van der Waals surface area contributed by atoms with Gasteiger partial charge in [0.2, 0.25) is 0 Å². The summed E-state index contributed by atoms with van der Waals surface area (Å²) in [6.07, 6.45) is 1.21. The average Bonchev–Trinajstić information content (AvgIpc) is 2.12. The predicted octanol–water partition coefficient (Wildman–Crippen LogP) is 0.206. The lowest BCUT2D eigenvalue weighted by Crippen LogP contribution is -2.21. The molecule has 0 aromatic rings. The van der Waals surface area contributed by atoms with Crippen molar-refractivity contribution in [1.82, 2.24) is 4.90 Å². The minimum atomic E-state index is -0.348. The Labute approximate surface area is 84.9 Å². The van der Waals surface area contributed by atoms with E-state index in [1.807, 2.05) is 14.1 Å². The van der Waals surface area contributed by atoms with E-state index in [9.17, 15) is 4.79 Å². The Morgan fingerprint density at radius 1 is 1.50 bits per heavy atom. The number of nitrogens with two attached hydrogens (primary N) is 1. The zero-order chi connectivity index (χ0) is 11.0. The molecule has 0 rings (SSSR count). The van der Waals surface area contributed by atoms with Gasteiger partial charge in [0.25, 0.3) is 6.02 Å². The van der Waals surface area contributed by atoms with E-state index in [2.05, 4.69) is 14.6 Å². The van der Waals surface area contributed by atoms with Crippen LogP contribution in [0.4, 0.5) is 0 Å². The molecule has 5 nitrogen and oxygen atoms in total. The minimum Gasteiger partial charge on any atom is -0.393 e. The molecule has 0 aromatic carbocycles. The summed E-state index contributed by atoms with van der Waals surface area (Å²) in [5.41, 5.74) is 5.36. The second kappa shape index (κ2) is 7.32. The number of amidine groups is 1. The monoisotopic (exact) mass is 201 g/mol. The van der Waals surface area contributed by atoms with Gasteiger partial charge in [-0.25, -0.2) is 4.99 Å². The molecule has 0 aliphatic carbocycles. The number of hydrogen-bond acceptors (Lipinski definition) is 4. The highest BCUT2D eigenvalue weighted by molar-refractivity contribution is 5.86. The first-order chi connectivity index (χ1) is 6.56. The lowest BCUT2D eigenvalue weighted by molar-refractivity contribution is -0.135. The third-order valence-electron chi connectivity index (χ3n) is 1.54. The van der Waals surface area contributed by atoms with Gasteiger partial charge in [-0.2, -0.15) is 0 Å². The fourth-order valence-corrected chi connectivity index (χ4v) is 0.797. The Hall–Kier alpha value is -1.10. The Balaban J connectivity index is 3.61. The molecular weight excluding hydrogens is 182 g/mol. The van der Waals surface area contributed by atoms with Gasteiger partial charge in [-0.3, -0.25) is 4.79 Å². The fourth-order valence-electron chi connectivity index (χ4n) is 0.797. The number of aliphatic imine (C=N–C) groups is 1. The van der Waals surface area contributed by atoms with Crippen LogP contribution in [0.3, 0.4) is 0 Å². The number of hydrogen-bond donors (Lipinski definition) is 1. The first-order valence-corrected chi connectivity index (χ1v) is 4.71. The molecule has 0 amide bonds. The van der Waals surface area contributed by atoms with Crippen LogP contribution in [0.15, 0.2) is 4.99 Å². The van der Waals surface area contributed by atoms with Crippen molar-refractivity contribution in [3.05, 3.63) is 0 Å². The average molecular weight is 201 g/mol. The smallest absolute Gasteiger partial charge is 0.313 e. The third-order valence-corrected chi connectivity index (χ3v) is 1.54. The summed E-state index contributed by atoms with van der Waals surface area (Å²) in [7, 11) is 3.98. The van der Waals surface area contributed by atoms with Crippen molar-refractivity contribution >= 4 is 12.0 Å². The first kappa shape index (κ1) is 12.9. The number of esters is 1. The van der Waals surface area contributed by atoms with Crippen molar-refractivity contribution in [3.63, 3.8) is 0 Å². The van der Waals surface area contributed by atoms with Crippen LogP contribution in [0.25, 0.3) is 0 Å². The maximum Gasteiger partial charge on any atom is 0.313 e. The predicted molar refractivity (Wildman–Crippen MR) is 56.0 cm³/mol. The summed E-state index contributed by atoms with van der Waals surface area (Å²) in [5.74, 6) is -0.348. The van der Waals surface area contributed by atoms with Crippen LogP contribution < -0.4 is 5.73 Å². The van der Waals surface area contributed by atoms with E-state index in [0.717, 1.165) is 13.0 Å². The van der Waals surface area contributed by atoms with Gasteiger partial charge in [0.05, 0.1) is 0 Å². The molecule has 0 unspecified atom stereocenters. The molecule has 0 fully saturated rings. The van der Waals surface area contributed by atoms with Crippen LogP contribution >= 0.6 is 0 Å². The SMILES string of the molecule is CCC(=O)O/C(N)=N\CCCN(C)C. The van der Waals surface area contributed by atoms with Crippen LogP contribution in [0.5, 0.6) is 0 Å². The molecule has 0 saturated heterocycles. The van der Waals surface area contributed by atoms with Crippen LogP contribution in [-0.4, -0.2) is 44.1 Å². The first-order valence-electron chi connectivity index (χ1n) is 4.71. The summed E-state index contributed by atoms with van der Waals surface area (Å²) < 4.78 is 4.68. The van der Waals surface area contributed by atoms with E-state index in [-0.39, 0.29) is 12.0 Å². The topological polar surface area (TPSA) is 67.9 Å². The van der Waals surface area contributed by atoms with E-state index in [4.69, 9.17) is 5.73 Å². The highest BCUT2D eigenvalue weighted by Crippen LogP contribution is 1.88. The zero-order valence-electron chi connectivity index (χ0n) is 9.12. The third kappa shape index (κ3) is 7.54. The van der Waals surface area contributed by atoms with Gasteiger partial charge >= 0.3 is 5.97 Å². The number of rotatable bonds is 5. The number of carbonyl (C=O) groups excluding carboxylic acids is 1. The molecule has 0 radical (unpaired) electrons. The lowest BCUT2D eigenvalue weighted by atomic mass is 10.4. The maximum absolute atomic E-state index is 10.8. The largest absolute Gasteiger partial charge is 0.393 e. The zero-order valence-corrected chi connectivity index (χ0v) is 9.12. The van der Waals surface area contributed by atoms with Crippen molar-refractivity contribution in [1.29, 1.82) is 0 Å². The van der Waals surface area contributed by atoms with E-state index >= 15 is 0 Å². The minimum absolute atomic E-state index is 0.0318. The molecule has 0 spiro atoms. The van der Waals surface area contributed by atoms with Crippen LogP contribution in [0.2, 0.25) is 0 Å². The number of ether oxygens (including phenoxy) is 1. The maximum atomic E-state index is 10.8. The standard InChI is InChI=1S/C9H19N3O2/c1-4-8(13)14-9(10)11-6-5-7-12(2)3/h4-7H2,1-3H3,(H2,10,11). The summed E-state index contributed by atoms with van der Waals surface area (Å²) in [4.78, 5) is 16.7. The van der Waals surface area contributed by atoms with Crippen LogP contribution in [0.1, 0.15) is 19.8 Å². The molecule has 0 aliphatic heterocycles. The van der Waals surface area contributed by atoms with Crippen molar-refractivity contribution in [3.8, 4) is 0 Å². The Morgan fingerprint density at radius 3 is 2.64 bits per heavy atom. The second-order valence-electron chi connectivity index (χ2n) is 3.20. The summed E-state index contributed by atoms with van der Waals surface area (Å²) in [6, 6.07) is -0.0318. The Kier molecular flexibility index (Phi) is 6.74. The van der Waals surface area contributed by atoms with Gasteiger partial charge in [0.1, 0.15) is 0 Å². The van der Waals surface area contributed by atoms with Gasteiger partial charge in [-0.1, -0.05) is 6.92 Å². The quantitative estimate of drug-likeness (QED) is 0.299. The molecule has 0 aliphatic rings. The molecule has 0 aromatic heterocycles. The molecule has 0 heterocycles. The van der Waals surface area contributed by atoms with Crippen molar-refractivity contribution in [2.24, 2.45) is 10.7 Å². The molecule has 5 heteroatoms. The molecule has 14 heavy (non-hydrogen) atoms. The van der Waals surface area contributed by atoms with Gasteiger partial charge in [0, 0.05) is 13.0 Å². The van der Waals surface area contributed by atoms with Gasteiger partial charge < -0.3 is 15.4 Å². The van der Waals surface area contributed by atoms with Crippen LogP contribution in [-0.2, 0) is 9.53 Å². The second-order valence-corrected chi connectivity index (χ2v) is 3.20. The van der Waals surface area contributed by atoms with Crippen molar-refractivity contribution < 1.29 is 9.53 Å². The summed E-state index contributed by atoms with van der Waals surface area (Å²) in [5, 5.41) is 0. The molecule has 0 bridgehead atoms. The fraction of sp³-hybridized carbons (Fsp3) is 0.778. The van der Waals surface area contributed by atoms with Gasteiger partial charge in [-0.05, 0) is 27.1 Å². The number of nitrogens with zero attached hydrogens (tertiary/aromatic N) is 2. The van der Waals surface area contributed by atoms with Crippen molar-refractivity contribution in [2.45, 2.75) is 19.8 Å². The van der Waals surface area contributed by atoms with E-state index in [0.29, 0.717) is 13.0 Å². The Morgan fingerprint density at radius 2 is 2.14 bits per heavy atom. The Bertz CT molecular complexity index is 202. The molecule has 0 saturated carbocycles. The molecule has 82 valence electrons. The van der Waals surface area contributed by atoms with Crippen LogP contribution in [0, 0.1) is 0 Å². The highest BCUT2D eigenvalue weighted by Gasteiger charge is 2.00. The van der Waals surface area contributed by atoms with E-state index in [1.165, 1.54) is 0 Å².